The first-order valence-corrected chi connectivity index (χ1v) is 8.07. The molecule has 0 atom stereocenters. The van der Waals surface area contributed by atoms with Crippen molar-refractivity contribution in [2.75, 3.05) is 7.11 Å². The Morgan fingerprint density at radius 2 is 2.12 bits per heavy atom. The summed E-state index contributed by atoms with van der Waals surface area (Å²) in [6, 6.07) is 5.25. The van der Waals surface area contributed by atoms with E-state index in [0.29, 0.717) is 28.0 Å². The first-order valence-electron chi connectivity index (χ1n) is 7.25. The molecule has 0 aliphatic carbocycles. The number of H-pyrrole nitrogens is 1. The number of hydrogen-bond acceptors (Lipinski definition) is 6. The number of rotatable bonds is 7. The predicted molar refractivity (Wildman–Crippen MR) is 91.3 cm³/mol. The zero-order chi connectivity index (χ0) is 17.7. The molecule has 0 radical (unpaired) electrons. The number of nitrogens with one attached hydrogen (secondary N) is 1. The smallest absolute Gasteiger partial charge is 0.342 e. The number of hydrogen-bond donors (Lipinski definition) is 2. The molecule has 0 bridgehead atoms. The Morgan fingerprint density at radius 1 is 1.38 bits per heavy atom. The molecule has 8 heteroatoms. The quantitative estimate of drug-likeness (QED) is 0.585. The van der Waals surface area contributed by atoms with Gasteiger partial charge in [0, 0.05) is 0 Å². The Morgan fingerprint density at radius 3 is 2.67 bits per heavy atom. The van der Waals surface area contributed by atoms with Crippen LogP contribution in [0, 0.1) is 6.92 Å². The Labute approximate surface area is 144 Å². The largest absolute Gasteiger partial charge is 0.493 e. The first-order chi connectivity index (χ1) is 11.4. The van der Waals surface area contributed by atoms with Gasteiger partial charge in [0.05, 0.1) is 13.2 Å². The topological polar surface area (TPSA) is 97.3 Å². The summed E-state index contributed by atoms with van der Waals surface area (Å²) < 4.78 is 11.0. The zero-order valence-corrected chi connectivity index (χ0v) is 14.7. The molecule has 0 aliphatic rings. The minimum Gasteiger partial charge on any atom is -0.493 e. The minimum atomic E-state index is -1.05. The molecular formula is C16H19N3O4S. The molecule has 1 aromatic heterocycles. The highest BCUT2D eigenvalue weighted by atomic mass is 32.2. The Kier molecular flexibility index (Phi) is 5.86. The van der Waals surface area contributed by atoms with Gasteiger partial charge >= 0.3 is 5.97 Å². The van der Waals surface area contributed by atoms with Crippen molar-refractivity contribution in [1.29, 1.82) is 0 Å². The van der Waals surface area contributed by atoms with Crippen molar-refractivity contribution in [1.82, 2.24) is 15.2 Å². The summed E-state index contributed by atoms with van der Waals surface area (Å²) in [7, 11) is 1.54. The summed E-state index contributed by atoms with van der Waals surface area (Å²) in [5, 5.41) is 16.4. The van der Waals surface area contributed by atoms with Gasteiger partial charge in [0.1, 0.15) is 10.7 Å². The molecule has 1 aromatic carbocycles. The number of ether oxygens (including phenoxy) is 2. The van der Waals surface area contributed by atoms with E-state index in [9.17, 15) is 9.90 Å². The Balaban J connectivity index is 2.29. The van der Waals surface area contributed by atoms with Crippen LogP contribution < -0.4 is 9.47 Å². The van der Waals surface area contributed by atoms with Crippen LogP contribution in [0.15, 0.2) is 28.3 Å². The highest BCUT2D eigenvalue weighted by Gasteiger charge is 2.14. The normalized spacial score (nSPS) is 11.6. The lowest BCUT2D eigenvalue weighted by Crippen LogP contribution is -2.06. The van der Waals surface area contributed by atoms with Gasteiger partial charge in [-0.15, -0.1) is 5.10 Å². The number of aromatic amines is 1. The number of benzene rings is 1. The maximum absolute atomic E-state index is 11.5. The summed E-state index contributed by atoms with van der Waals surface area (Å²) >= 11 is 0.977. The van der Waals surface area contributed by atoms with Crippen LogP contribution in [0.3, 0.4) is 0 Å². The highest BCUT2D eigenvalue weighted by molar-refractivity contribution is 8.04. The highest BCUT2D eigenvalue weighted by Crippen LogP contribution is 2.31. The van der Waals surface area contributed by atoms with Gasteiger partial charge < -0.3 is 14.6 Å². The summed E-state index contributed by atoms with van der Waals surface area (Å²) in [5.74, 6) is 0.725. The second kappa shape index (κ2) is 7.87. The van der Waals surface area contributed by atoms with Gasteiger partial charge in [-0.05, 0) is 56.3 Å². The average Bonchev–Trinajstić information content (AvgIpc) is 2.92. The van der Waals surface area contributed by atoms with E-state index < -0.39 is 5.97 Å². The third-order valence-corrected chi connectivity index (χ3v) is 3.71. The van der Waals surface area contributed by atoms with Crippen LogP contribution in [-0.4, -0.2) is 39.5 Å². The van der Waals surface area contributed by atoms with Gasteiger partial charge in [0.25, 0.3) is 0 Å². The molecule has 0 spiro atoms. The van der Waals surface area contributed by atoms with E-state index in [-0.39, 0.29) is 11.0 Å². The van der Waals surface area contributed by atoms with Crippen molar-refractivity contribution in [3.05, 3.63) is 34.5 Å². The van der Waals surface area contributed by atoms with Crippen molar-refractivity contribution in [3.63, 3.8) is 0 Å². The zero-order valence-electron chi connectivity index (χ0n) is 13.9. The second-order valence-corrected chi connectivity index (χ2v) is 6.21. The van der Waals surface area contributed by atoms with Crippen LogP contribution in [0.25, 0.3) is 6.08 Å². The fraction of sp³-hybridized carbons (Fsp3) is 0.312. The number of nitrogens with zero attached hydrogens (tertiary/aromatic N) is 2. The van der Waals surface area contributed by atoms with Crippen LogP contribution in [0.2, 0.25) is 0 Å². The molecule has 1 heterocycles. The van der Waals surface area contributed by atoms with Crippen molar-refractivity contribution in [2.45, 2.75) is 32.0 Å². The molecule has 2 N–H and O–H groups in total. The molecule has 0 saturated heterocycles. The van der Waals surface area contributed by atoms with E-state index in [2.05, 4.69) is 15.2 Å². The molecule has 0 amide bonds. The van der Waals surface area contributed by atoms with E-state index in [4.69, 9.17) is 9.47 Å². The third-order valence-electron chi connectivity index (χ3n) is 2.84. The number of carboxylic acid groups (broad SMARTS) is 1. The third kappa shape index (κ3) is 4.76. The Hall–Kier alpha value is -2.48. The van der Waals surface area contributed by atoms with Crippen molar-refractivity contribution >= 4 is 23.8 Å². The van der Waals surface area contributed by atoms with Crippen LogP contribution in [0.4, 0.5) is 0 Å². The average molecular weight is 349 g/mol. The number of aliphatic carboxylic acids is 1. The van der Waals surface area contributed by atoms with Crippen LogP contribution in [0.5, 0.6) is 11.5 Å². The summed E-state index contributed by atoms with van der Waals surface area (Å²) in [4.78, 5) is 15.7. The molecule has 2 aromatic rings. The van der Waals surface area contributed by atoms with Gasteiger partial charge in [-0.3, -0.25) is 5.10 Å². The number of carboxylic acids is 1. The molecule has 24 heavy (non-hydrogen) atoms. The molecule has 0 fully saturated rings. The Bertz CT molecular complexity index is 756. The van der Waals surface area contributed by atoms with Gasteiger partial charge in [0.2, 0.25) is 5.16 Å². The van der Waals surface area contributed by atoms with Crippen LogP contribution in [0.1, 0.15) is 25.2 Å². The van der Waals surface area contributed by atoms with Gasteiger partial charge in [-0.2, -0.15) is 0 Å². The van der Waals surface area contributed by atoms with E-state index in [1.54, 1.807) is 38.3 Å². The maximum atomic E-state index is 11.5. The van der Waals surface area contributed by atoms with Crippen molar-refractivity contribution in [2.24, 2.45) is 0 Å². The molecule has 0 saturated carbocycles. The van der Waals surface area contributed by atoms with Gasteiger partial charge in [0.15, 0.2) is 11.5 Å². The lowest BCUT2D eigenvalue weighted by molar-refractivity contribution is -0.131. The second-order valence-electron chi connectivity index (χ2n) is 5.20. The van der Waals surface area contributed by atoms with Gasteiger partial charge in [-0.25, -0.2) is 9.78 Å². The maximum Gasteiger partial charge on any atom is 0.342 e. The standard InChI is InChI=1S/C16H19N3O4S/c1-9(2)23-12-6-5-11(7-13(12)22-4)8-14(15(20)21)24-16-17-10(3)18-19-16/h5-9H,1-4H3,(H,20,21)(H,17,18,19). The van der Waals surface area contributed by atoms with Crippen LogP contribution in [-0.2, 0) is 4.79 Å². The predicted octanol–water partition coefficient (Wildman–Crippen LogP) is 3.13. The van der Waals surface area contributed by atoms with Crippen molar-refractivity contribution < 1.29 is 19.4 Å². The molecule has 2 rings (SSSR count). The first kappa shape index (κ1) is 17.9. The molecule has 7 nitrogen and oxygen atoms in total. The summed E-state index contributed by atoms with van der Waals surface area (Å²) in [5.41, 5.74) is 0.681. The molecule has 0 aliphatic heterocycles. The number of carbonyl (C=O) groups is 1. The summed E-state index contributed by atoms with van der Waals surface area (Å²) in [6.07, 6.45) is 1.56. The fourth-order valence-electron chi connectivity index (χ4n) is 1.88. The lowest BCUT2D eigenvalue weighted by atomic mass is 10.2. The summed E-state index contributed by atoms with van der Waals surface area (Å²) in [6.45, 7) is 5.59. The fourth-order valence-corrected chi connectivity index (χ4v) is 2.63. The monoisotopic (exact) mass is 349 g/mol. The molecule has 128 valence electrons. The minimum absolute atomic E-state index is 0.0133. The molecular weight excluding hydrogens is 330 g/mol. The number of aromatic nitrogens is 3. The van der Waals surface area contributed by atoms with Gasteiger partial charge in [-0.1, -0.05) is 6.07 Å². The van der Waals surface area contributed by atoms with Crippen LogP contribution >= 0.6 is 11.8 Å². The SMILES string of the molecule is COc1cc(C=C(Sc2n[nH]c(C)n2)C(=O)O)ccc1OC(C)C. The lowest BCUT2D eigenvalue weighted by Gasteiger charge is -2.14. The van der Waals surface area contributed by atoms with E-state index in [1.807, 2.05) is 13.8 Å². The van der Waals surface area contributed by atoms with E-state index >= 15 is 0 Å². The van der Waals surface area contributed by atoms with E-state index in [0.717, 1.165) is 11.8 Å². The molecule has 0 unspecified atom stereocenters. The number of thioether (sulfide) groups is 1. The number of aryl methyl sites for hydroxylation is 1. The van der Waals surface area contributed by atoms with E-state index in [1.165, 1.54) is 0 Å². The van der Waals surface area contributed by atoms with Crippen molar-refractivity contribution in [3.8, 4) is 11.5 Å². The number of methoxy groups -OCH3 is 1.